The Morgan fingerprint density at radius 1 is 1.14 bits per heavy atom. The van der Waals surface area contributed by atoms with Gasteiger partial charge >= 0.3 is 0 Å². The molecule has 0 amide bonds. The molecule has 0 atom stereocenters. The molecule has 0 aromatic heterocycles. The van der Waals surface area contributed by atoms with Gasteiger partial charge in [-0.05, 0) is 28.8 Å². The number of carboxylic acid groups (broad SMARTS) is 1. The zero-order valence-corrected chi connectivity index (χ0v) is 11.9. The highest BCUT2D eigenvalue weighted by Gasteiger charge is 2.15. The van der Waals surface area contributed by atoms with Crippen molar-refractivity contribution in [2.45, 2.75) is 12.8 Å². The van der Waals surface area contributed by atoms with Crippen LogP contribution in [-0.2, 0) is 12.8 Å². The fourth-order valence-electron chi connectivity index (χ4n) is 2.36. The number of nitrogens with zero attached hydrogens (tertiary/aromatic N) is 1. The van der Waals surface area contributed by atoms with Crippen molar-refractivity contribution in [1.82, 2.24) is 0 Å². The number of carbonyl (C=O) groups is 1. The third-order valence-corrected chi connectivity index (χ3v) is 3.77. The molecular weight excluding hydrogens is 288 g/mol. The molecule has 0 radical (unpaired) electrons. The van der Waals surface area contributed by atoms with Crippen molar-refractivity contribution in [2.75, 3.05) is 5.43 Å². The average Bonchev–Trinajstić information content (AvgIpc) is 2.89. The fourth-order valence-corrected chi connectivity index (χ4v) is 2.52. The van der Waals surface area contributed by atoms with Gasteiger partial charge in [0.05, 0.1) is 16.7 Å². The number of nitrogens with one attached hydrogen (secondary N) is 1. The van der Waals surface area contributed by atoms with Crippen LogP contribution in [0.5, 0.6) is 0 Å². The van der Waals surface area contributed by atoms with Crippen LogP contribution in [0.4, 0.5) is 5.69 Å². The van der Waals surface area contributed by atoms with Crippen LogP contribution in [0, 0.1) is 0 Å². The number of halogens is 1. The summed E-state index contributed by atoms with van der Waals surface area (Å²) in [4.78, 5) is 10.9. The maximum Gasteiger partial charge on any atom is 0.0754 e. The first-order valence-corrected chi connectivity index (χ1v) is 6.90. The Kier molecular flexibility index (Phi) is 3.62. The van der Waals surface area contributed by atoms with Gasteiger partial charge in [-0.15, -0.1) is 0 Å². The Bertz CT molecular complexity index is 714. The fraction of sp³-hybridized carbons (Fsp3) is 0.125. The van der Waals surface area contributed by atoms with Gasteiger partial charge in [0.2, 0.25) is 0 Å². The highest BCUT2D eigenvalue weighted by molar-refractivity contribution is 6.33. The van der Waals surface area contributed by atoms with E-state index in [0.717, 1.165) is 18.6 Å². The van der Waals surface area contributed by atoms with Gasteiger partial charge < -0.3 is 9.90 Å². The van der Waals surface area contributed by atoms with E-state index in [1.54, 1.807) is 0 Å². The molecule has 0 fully saturated rings. The van der Waals surface area contributed by atoms with E-state index in [4.69, 9.17) is 11.6 Å². The Morgan fingerprint density at radius 2 is 1.81 bits per heavy atom. The van der Waals surface area contributed by atoms with Crippen LogP contribution in [0.2, 0.25) is 5.02 Å². The molecule has 1 aliphatic rings. The zero-order valence-electron chi connectivity index (χ0n) is 11.1. The number of hydrogen-bond donors (Lipinski definition) is 1. The SMILES string of the molecule is O=C([O-])c1ccc(Cl)c(NN=C2Cc3ccccc3C2)c1. The zero-order chi connectivity index (χ0) is 14.8. The van der Waals surface area contributed by atoms with Crippen molar-refractivity contribution in [1.29, 1.82) is 0 Å². The molecule has 0 unspecified atom stereocenters. The van der Waals surface area contributed by atoms with Crippen LogP contribution >= 0.6 is 11.6 Å². The maximum atomic E-state index is 10.9. The maximum absolute atomic E-state index is 10.9. The summed E-state index contributed by atoms with van der Waals surface area (Å²) in [7, 11) is 0. The first-order valence-electron chi connectivity index (χ1n) is 6.52. The van der Waals surface area contributed by atoms with Gasteiger partial charge in [0.25, 0.3) is 0 Å². The van der Waals surface area contributed by atoms with E-state index in [9.17, 15) is 9.90 Å². The molecule has 21 heavy (non-hydrogen) atoms. The van der Waals surface area contributed by atoms with Gasteiger partial charge in [0.15, 0.2) is 0 Å². The van der Waals surface area contributed by atoms with E-state index >= 15 is 0 Å². The van der Waals surface area contributed by atoms with Gasteiger partial charge in [-0.2, -0.15) is 5.10 Å². The van der Waals surface area contributed by atoms with Crippen LogP contribution < -0.4 is 10.5 Å². The minimum Gasteiger partial charge on any atom is -0.545 e. The van der Waals surface area contributed by atoms with Crippen LogP contribution in [0.3, 0.4) is 0 Å². The minimum atomic E-state index is -1.24. The highest BCUT2D eigenvalue weighted by atomic mass is 35.5. The molecule has 0 spiro atoms. The average molecular weight is 300 g/mol. The molecule has 4 nitrogen and oxygen atoms in total. The third-order valence-electron chi connectivity index (χ3n) is 3.44. The molecule has 0 saturated carbocycles. The Balaban J connectivity index is 1.78. The van der Waals surface area contributed by atoms with Crippen molar-refractivity contribution < 1.29 is 9.90 Å². The number of rotatable bonds is 3. The molecular formula is C16H12ClN2O2-. The molecule has 0 aliphatic heterocycles. The number of fused-ring (bicyclic) bond motifs is 1. The molecule has 2 aromatic rings. The molecule has 1 N–H and O–H groups in total. The summed E-state index contributed by atoms with van der Waals surface area (Å²) in [5.74, 6) is -1.24. The van der Waals surface area contributed by atoms with E-state index in [-0.39, 0.29) is 5.56 Å². The molecule has 2 aromatic carbocycles. The topological polar surface area (TPSA) is 64.5 Å². The number of anilines is 1. The molecule has 1 aliphatic carbocycles. The van der Waals surface area contributed by atoms with Crippen molar-refractivity contribution in [2.24, 2.45) is 5.10 Å². The van der Waals surface area contributed by atoms with E-state index < -0.39 is 5.97 Å². The Labute approximate surface area is 127 Å². The molecule has 106 valence electrons. The van der Waals surface area contributed by atoms with Gasteiger partial charge in [0.1, 0.15) is 0 Å². The molecule has 5 heteroatoms. The van der Waals surface area contributed by atoms with Crippen LogP contribution in [0.25, 0.3) is 0 Å². The summed E-state index contributed by atoms with van der Waals surface area (Å²) < 4.78 is 0. The Hall–Kier alpha value is -2.33. The lowest BCUT2D eigenvalue weighted by Gasteiger charge is -2.08. The third kappa shape index (κ3) is 2.90. The van der Waals surface area contributed by atoms with E-state index in [2.05, 4.69) is 22.7 Å². The first-order chi connectivity index (χ1) is 10.1. The summed E-state index contributed by atoms with van der Waals surface area (Å²) in [6, 6.07) is 12.5. The lowest BCUT2D eigenvalue weighted by molar-refractivity contribution is -0.255. The van der Waals surface area contributed by atoms with Crippen LogP contribution in [0.1, 0.15) is 21.5 Å². The minimum absolute atomic E-state index is 0.0665. The molecule has 0 saturated heterocycles. The van der Waals surface area contributed by atoms with Gasteiger partial charge in [-0.25, -0.2) is 0 Å². The second-order valence-corrected chi connectivity index (χ2v) is 5.30. The second-order valence-electron chi connectivity index (χ2n) is 4.89. The number of carbonyl (C=O) groups excluding carboxylic acids is 1. The lowest BCUT2D eigenvalue weighted by atomic mass is 10.1. The van der Waals surface area contributed by atoms with Crippen molar-refractivity contribution >= 4 is 29.0 Å². The van der Waals surface area contributed by atoms with Gasteiger partial charge in [0, 0.05) is 18.6 Å². The van der Waals surface area contributed by atoms with Crippen molar-refractivity contribution in [3.05, 3.63) is 64.2 Å². The standard InChI is InChI=1S/C16H13ClN2O2/c17-14-6-5-12(16(20)21)9-15(14)19-18-13-7-10-3-1-2-4-11(10)8-13/h1-6,9,19H,7-8H2,(H,20,21)/p-1. The van der Waals surface area contributed by atoms with E-state index in [1.165, 1.54) is 29.3 Å². The quantitative estimate of drug-likeness (QED) is 0.884. The smallest absolute Gasteiger partial charge is 0.0754 e. The second kappa shape index (κ2) is 5.58. The summed E-state index contributed by atoms with van der Waals surface area (Å²) in [6.07, 6.45) is 1.59. The molecule has 0 heterocycles. The predicted octanol–water partition coefficient (Wildman–Crippen LogP) is 2.27. The van der Waals surface area contributed by atoms with E-state index in [0.29, 0.717) is 10.7 Å². The first kappa shape index (κ1) is 13.6. The number of hydrogen-bond acceptors (Lipinski definition) is 4. The summed E-state index contributed by atoms with van der Waals surface area (Å²) in [5, 5.41) is 15.6. The number of carboxylic acids is 1. The van der Waals surface area contributed by atoms with Crippen LogP contribution in [-0.4, -0.2) is 11.7 Å². The monoisotopic (exact) mass is 299 g/mol. The lowest BCUT2D eigenvalue weighted by Crippen LogP contribution is -2.22. The number of aromatic carboxylic acids is 1. The number of hydrazone groups is 1. The molecule has 0 bridgehead atoms. The van der Waals surface area contributed by atoms with Crippen LogP contribution in [0.15, 0.2) is 47.6 Å². The van der Waals surface area contributed by atoms with Crippen molar-refractivity contribution in [3.8, 4) is 0 Å². The summed E-state index contributed by atoms with van der Waals surface area (Å²) >= 11 is 6.03. The summed E-state index contributed by atoms with van der Waals surface area (Å²) in [5.41, 5.74) is 6.91. The largest absolute Gasteiger partial charge is 0.545 e. The van der Waals surface area contributed by atoms with Gasteiger partial charge in [-0.1, -0.05) is 41.9 Å². The molecule has 3 rings (SSSR count). The van der Waals surface area contributed by atoms with Crippen molar-refractivity contribution in [3.63, 3.8) is 0 Å². The normalized spacial score (nSPS) is 12.9. The summed E-state index contributed by atoms with van der Waals surface area (Å²) in [6.45, 7) is 0. The highest BCUT2D eigenvalue weighted by Crippen LogP contribution is 2.24. The number of benzene rings is 2. The Morgan fingerprint density at radius 3 is 2.43 bits per heavy atom. The van der Waals surface area contributed by atoms with Gasteiger partial charge in [-0.3, -0.25) is 5.43 Å². The van der Waals surface area contributed by atoms with E-state index in [1.807, 2.05) is 12.1 Å². The predicted molar refractivity (Wildman–Crippen MR) is 80.7 cm³/mol.